The Balaban J connectivity index is 2.89. The van der Waals surface area contributed by atoms with Gasteiger partial charge in [0.25, 0.3) is 0 Å². The fourth-order valence-electron chi connectivity index (χ4n) is 1.97. The van der Waals surface area contributed by atoms with E-state index in [0.29, 0.717) is 23.4 Å². The van der Waals surface area contributed by atoms with Gasteiger partial charge in [-0.1, -0.05) is 13.8 Å². The summed E-state index contributed by atoms with van der Waals surface area (Å²) >= 11 is 3.07. The fraction of sp³-hybridized carbons (Fsp3) is 0.538. The molecular formula is C13H18BrF2N. The van der Waals surface area contributed by atoms with Crippen molar-refractivity contribution in [2.24, 2.45) is 17.6 Å². The van der Waals surface area contributed by atoms with E-state index >= 15 is 0 Å². The molecule has 4 heteroatoms. The summed E-state index contributed by atoms with van der Waals surface area (Å²) in [5.74, 6) is -0.407. The molecule has 1 aromatic rings. The molecule has 1 aromatic carbocycles. The maximum Gasteiger partial charge on any atom is 0.143 e. The molecule has 0 aliphatic carbocycles. The molecule has 0 amide bonds. The SMILES string of the molecule is CC(C)CC(CN)Cc1c(F)ccc(Br)c1F. The smallest absolute Gasteiger partial charge is 0.143 e. The lowest BCUT2D eigenvalue weighted by atomic mass is 9.90. The van der Waals surface area contributed by atoms with Crippen LogP contribution < -0.4 is 5.73 Å². The second-order valence-corrected chi connectivity index (χ2v) is 5.61. The van der Waals surface area contributed by atoms with Crippen molar-refractivity contribution in [3.8, 4) is 0 Å². The molecule has 96 valence electrons. The zero-order valence-electron chi connectivity index (χ0n) is 10.1. The van der Waals surface area contributed by atoms with Crippen LogP contribution >= 0.6 is 15.9 Å². The van der Waals surface area contributed by atoms with Crippen molar-refractivity contribution in [3.05, 3.63) is 33.8 Å². The van der Waals surface area contributed by atoms with E-state index in [2.05, 4.69) is 29.8 Å². The van der Waals surface area contributed by atoms with Gasteiger partial charge in [0, 0.05) is 5.56 Å². The first-order chi connectivity index (χ1) is 7.95. The predicted octanol–water partition coefficient (Wildman–Crippen LogP) is 3.89. The van der Waals surface area contributed by atoms with Crippen LogP contribution in [0.1, 0.15) is 25.8 Å². The monoisotopic (exact) mass is 305 g/mol. The third-order valence-corrected chi connectivity index (χ3v) is 3.38. The van der Waals surface area contributed by atoms with Crippen LogP contribution in [0.3, 0.4) is 0 Å². The second kappa shape index (κ2) is 6.45. The Morgan fingerprint density at radius 3 is 2.47 bits per heavy atom. The molecule has 2 N–H and O–H groups in total. The average Bonchev–Trinajstić information content (AvgIpc) is 2.27. The number of hydrogen-bond acceptors (Lipinski definition) is 1. The normalized spacial score (nSPS) is 13.1. The molecule has 0 saturated heterocycles. The molecule has 0 spiro atoms. The number of rotatable bonds is 5. The van der Waals surface area contributed by atoms with Crippen molar-refractivity contribution >= 4 is 15.9 Å². The van der Waals surface area contributed by atoms with Crippen molar-refractivity contribution < 1.29 is 8.78 Å². The molecule has 1 nitrogen and oxygen atoms in total. The van der Waals surface area contributed by atoms with Crippen LogP contribution in [-0.4, -0.2) is 6.54 Å². The van der Waals surface area contributed by atoms with Crippen LogP contribution in [-0.2, 0) is 6.42 Å². The van der Waals surface area contributed by atoms with E-state index in [1.54, 1.807) is 0 Å². The van der Waals surface area contributed by atoms with Crippen LogP contribution in [0.5, 0.6) is 0 Å². The van der Waals surface area contributed by atoms with Gasteiger partial charge in [-0.3, -0.25) is 0 Å². The summed E-state index contributed by atoms with van der Waals surface area (Å²) in [6.07, 6.45) is 1.23. The van der Waals surface area contributed by atoms with Crippen molar-refractivity contribution in [1.82, 2.24) is 0 Å². The zero-order chi connectivity index (χ0) is 13.0. The highest BCUT2D eigenvalue weighted by atomic mass is 79.9. The van der Waals surface area contributed by atoms with E-state index < -0.39 is 11.6 Å². The van der Waals surface area contributed by atoms with Crippen LogP contribution in [0, 0.1) is 23.5 Å². The lowest BCUT2D eigenvalue weighted by Crippen LogP contribution is -2.20. The average molecular weight is 306 g/mol. The predicted molar refractivity (Wildman–Crippen MR) is 69.8 cm³/mol. The number of halogens is 3. The molecule has 0 aliphatic rings. The van der Waals surface area contributed by atoms with E-state index in [9.17, 15) is 8.78 Å². The van der Waals surface area contributed by atoms with E-state index in [0.717, 1.165) is 6.42 Å². The van der Waals surface area contributed by atoms with Crippen LogP contribution in [0.25, 0.3) is 0 Å². The highest BCUT2D eigenvalue weighted by Gasteiger charge is 2.17. The van der Waals surface area contributed by atoms with E-state index in [-0.39, 0.29) is 11.5 Å². The Bertz CT molecular complexity index is 380. The Morgan fingerprint density at radius 1 is 1.29 bits per heavy atom. The first-order valence-electron chi connectivity index (χ1n) is 5.78. The number of hydrogen-bond donors (Lipinski definition) is 1. The van der Waals surface area contributed by atoms with Gasteiger partial charge in [0.15, 0.2) is 0 Å². The van der Waals surface area contributed by atoms with Gasteiger partial charge in [0.1, 0.15) is 11.6 Å². The van der Waals surface area contributed by atoms with Crippen molar-refractivity contribution in [2.75, 3.05) is 6.54 Å². The maximum absolute atomic E-state index is 13.8. The molecule has 0 bridgehead atoms. The molecule has 1 unspecified atom stereocenters. The van der Waals surface area contributed by atoms with Crippen LogP contribution in [0.4, 0.5) is 8.78 Å². The minimum atomic E-state index is -0.507. The maximum atomic E-state index is 13.8. The highest BCUT2D eigenvalue weighted by molar-refractivity contribution is 9.10. The first kappa shape index (κ1) is 14.6. The minimum Gasteiger partial charge on any atom is -0.330 e. The van der Waals surface area contributed by atoms with Gasteiger partial charge in [0.2, 0.25) is 0 Å². The quantitative estimate of drug-likeness (QED) is 0.821. The molecule has 1 atom stereocenters. The molecular weight excluding hydrogens is 288 g/mol. The van der Waals surface area contributed by atoms with Gasteiger partial charge >= 0.3 is 0 Å². The Morgan fingerprint density at radius 2 is 1.94 bits per heavy atom. The van der Waals surface area contributed by atoms with E-state index in [1.165, 1.54) is 12.1 Å². The molecule has 0 radical (unpaired) electrons. The molecule has 0 aromatic heterocycles. The van der Waals surface area contributed by atoms with Gasteiger partial charge in [0.05, 0.1) is 4.47 Å². The zero-order valence-corrected chi connectivity index (χ0v) is 11.7. The molecule has 0 heterocycles. The topological polar surface area (TPSA) is 26.0 Å². The highest BCUT2D eigenvalue weighted by Crippen LogP contribution is 2.25. The minimum absolute atomic E-state index is 0.119. The molecule has 17 heavy (non-hydrogen) atoms. The summed E-state index contributed by atoms with van der Waals surface area (Å²) in [7, 11) is 0. The Kier molecular flexibility index (Phi) is 5.53. The Hall–Kier alpha value is -0.480. The van der Waals surface area contributed by atoms with Gasteiger partial charge in [-0.2, -0.15) is 0 Å². The summed E-state index contributed by atoms with van der Waals surface area (Å²) in [6, 6.07) is 2.67. The van der Waals surface area contributed by atoms with Gasteiger partial charge < -0.3 is 5.73 Å². The summed E-state index contributed by atoms with van der Waals surface area (Å²) in [4.78, 5) is 0. The summed E-state index contributed by atoms with van der Waals surface area (Å²) < 4.78 is 27.6. The standard InChI is InChI=1S/C13H18BrF2N/c1-8(2)5-9(7-17)6-10-12(15)4-3-11(14)13(10)16/h3-4,8-9H,5-7,17H2,1-2H3. The molecule has 0 aliphatic heterocycles. The van der Waals surface area contributed by atoms with Crippen LogP contribution in [0.2, 0.25) is 0 Å². The third kappa shape index (κ3) is 4.03. The van der Waals surface area contributed by atoms with Crippen molar-refractivity contribution in [2.45, 2.75) is 26.7 Å². The van der Waals surface area contributed by atoms with Crippen molar-refractivity contribution in [1.29, 1.82) is 0 Å². The summed E-state index contributed by atoms with van der Waals surface area (Å²) in [6.45, 7) is 4.61. The molecule has 0 saturated carbocycles. The lowest BCUT2D eigenvalue weighted by molar-refractivity contribution is 0.401. The molecule has 1 rings (SSSR count). The lowest BCUT2D eigenvalue weighted by Gasteiger charge is -2.18. The summed E-state index contributed by atoms with van der Waals surface area (Å²) in [5.41, 5.74) is 5.79. The van der Waals surface area contributed by atoms with E-state index in [4.69, 9.17) is 5.73 Å². The largest absolute Gasteiger partial charge is 0.330 e. The van der Waals surface area contributed by atoms with Gasteiger partial charge in [-0.05, 0) is 59.3 Å². The van der Waals surface area contributed by atoms with Crippen LogP contribution in [0.15, 0.2) is 16.6 Å². The number of nitrogens with two attached hydrogens (primary N) is 1. The second-order valence-electron chi connectivity index (χ2n) is 4.76. The first-order valence-corrected chi connectivity index (χ1v) is 6.57. The van der Waals surface area contributed by atoms with Gasteiger partial charge in [-0.25, -0.2) is 8.78 Å². The Labute approximate surface area is 110 Å². The summed E-state index contributed by atoms with van der Waals surface area (Å²) in [5, 5.41) is 0. The van der Waals surface area contributed by atoms with Gasteiger partial charge in [-0.15, -0.1) is 0 Å². The fourth-order valence-corrected chi connectivity index (χ4v) is 2.35. The number of benzene rings is 1. The van der Waals surface area contributed by atoms with Crippen molar-refractivity contribution in [3.63, 3.8) is 0 Å². The van der Waals surface area contributed by atoms with E-state index in [1.807, 2.05) is 0 Å². The molecule has 0 fully saturated rings. The third-order valence-electron chi connectivity index (χ3n) is 2.77.